The van der Waals surface area contributed by atoms with Gasteiger partial charge in [-0.1, -0.05) is 0 Å². The lowest BCUT2D eigenvalue weighted by atomic mass is 10.4. The normalized spacial score (nSPS) is 17.1. The van der Waals surface area contributed by atoms with Gasteiger partial charge in [0.05, 0.1) is 0 Å². The molecule has 1 aliphatic heterocycles. The maximum Gasteiger partial charge on any atom is 0.208 e. The first-order chi connectivity index (χ1) is 5.25. The average molecular weight is 156 g/mol. The fraction of sp³-hybridized carbons (Fsp3) is 0.857. The van der Waals surface area contributed by atoms with Gasteiger partial charge in [-0.3, -0.25) is 10.4 Å². The summed E-state index contributed by atoms with van der Waals surface area (Å²) in [6.07, 6.45) is 2.39. The van der Waals surface area contributed by atoms with Crippen LogP contribution in [-0.2, 0) is 0 Å². The largest absolute Gasteiger partial charge is 0.342 e. The van der Waals surface area contributed by atoms with Crippen LogP contribution in [0, 0.1) is 5.41 Å². The molecule has 0 saturated carbocycles. The van der Waals surface area contributed by atoms with Crippen LogP contribution in [0.1, 0.15) is 19.8 Å². The van der Waals surface area contributed by atoms with E-state index >= 15 is 0 Å². The standard InChI is InChI=1S/C7H16N4/c1-2-11(9)7(8)10-5-3-4-6-10/h8H,2-6,9H2,1H3. The number of nitrogens with one attached hydrogen (secondary N) is 1. The molecule has 1 aliphatic rings. The summed E-state index contributed by atoms with van der Waals surface area (Å²) in [6.45, 7) is 4.64. The minimum atomic E-state index is 0.463. The van der Waals surface area contributed by atoms with E-state index in [0.717, 1.165) is 13.1 Å². The van der Waals surface area contributed by atoms with Crippen LogP contribution in [-0.4, -0.2) is 35.5 Å². The lowest BCUT2D eigenvalue weighted by Gasteiger charge is -2.25. The van der Waals surface area contributed by atoms with Crippen LogP contribution in [0.4, 0.5) is 0 Å². The molecule has 0 aromatic carbocycles. The zero-order valence-corrected chi connectivity index (χ0v) is 7.01. The van der Waals surface area contributed by atoms with Gasteiger partial charge >= 0.3 is 0 Å². The highest BCUT2D eigenvalue weighted by molar-refractivity contribution is 5.76. The van der Waals surface area contributed by atoms with E-state index < -0.39 is 0 Å². The highest BCUT2D eigenvalue weighted by atomic mass is 15.5. The molecule has 4 heteroatoms. The highest BCUT2D eigenvalue weighted by Crippen LogP contribution is 2.07. The molecule has 1 heterocycles. The fourth-order valence-corrected chi connectivity index (χ4v) is 1.26. The molecule has 4 nitrogen and oxygen atoms in total. The molecule has 0 aromatic rings. The SMILES string of the molecule is CCN(N)C(=N)N1CCCC1. The molecular weight excluding hydrogens is 140 g/mol. The van der Waals surface area contributed by atoms with Gasteiger partial charge in [-0.05, 0) is 19.8 Å². The van der Waals surface area contributed by atoms with Gasteiger partial charge in [0.1, 0.15) is 0 Å². The van der Waals surface area contributed by atoms with Crippen molar-refractivity contribution in [3.63, 3.8) is 0 Å². The average Bonchev–Trinajstić information content (AvgIpc) is 2.53. The van der Waals surface area contributed by atoms with Crippen LogP contribution in [0.3, 0.4) is 0 Å². The molecule has 0 atom stereocenters. The number of hydrogen-bond acceptors (Lipinski definition) is 2. The Morgan fingerprint density at radius 3 is 2.55 bits per heavy atom. The smallest absolute Gasteiger partial charge is 0.208 e. The van der Waals surface area contributed by atoms with Crippen molar-refractivity contribution >= 4 is 5.96 Å². The van der Waals surface area contributed by atoms with Gasteiger partial charge < -0.3 is 4.90 Å². The third-order valence-corrected chi connectivity index (χ3v) is 2.02. The lowest BCUT2D eigenvalue weighted by molar-refractivity contribution is 0.364. The van der Waals surface area contributed by atoms with E-state index in [9.17, 15) is 0 Å². The molecule has 0 spiro atoms. The molecule has 3 N–H and O–H groups in total. The molecular formula is C7H16N4. The monoisotopic (exact) mass is 156 g/mol. The Morgan fingerprint density at radius 1 is 1.55 bits per heavy atom. The van der Waals surface area contributed by atoms with E-state index in [1.807, 2.05) is 11.8 Å². The van der Waals surface area contributed by atoms with E-state index in [0.29, 0.717) is 12.5 Å². The predicted octanol–water partition coefficient (Wildman–Crippen LogP) is 0.213. The predicted molar refractivity (Wildman–Crippen MR) is 45.1 cm³/mol. The molecule has 1 saturated heterocycles. The van der Waals surface area contributed by atoms with Crippen molar-refractivity contribution < 1.29 is 0 Å². The molecule has 0 aromatic heterocycles. The molecule has 0 aliphatic carbocycles. The van der Waals surface area contributed by atoms with Crippen LogP contribution in [0.5, 0.6) is 0 Å². The Kier molecular flexibility index (Phi) is 2.70. The summed E-state index contributed by atoms with van der Waals surface area (Å²) < 4.78 is 0. The van der Waals surface area contributed by atoms with Crippen molar-refractivity contribution in [1.82, 2.24) is 9.91 Å². The molecule has 0 amide bonds. The maximum absolute atomic E-state index is 7.62. The first kappa shape index (κ1) is 8.33. The maximum atomic E-state index is 7.62. The Morgan fingerprint density at radius 2 is 2.09 bits per heavy atom. The highest BCUT2D eigenvalue weighted by Gasteiger charge is 2.16. The zero-order chi connectivity index (χ0) is 8.27. The molecule has 11 heavy (non-hydrogen) atoms. The van der Waals surface area contributed by atoms with Gasteiger partial charge in [0, 0.05) is 19.6 Å². The zero-order valence-electron chi connectivity index (χ0n) is 7.01. The second-order valence-corrected chi connectivity index (χ2v) is 2.80. The third kappa shape index (κ3) is 1.83. The lowest BCUT2D eigenvalue weighted by Crippen LogP contribution is -2.46. The Bertz CT molecular complexity index is 139. The molecule has 0 unspecified atom stereocenters. The second kappa shape index (κ2) is 3.57. The van der Waals surface area contributed by atoms with E-state index in [2.05, 4.69) is 0 Å². The second-order valence-electron chi connectivity index (χ2n) is 2.80. The van der Waals surface area contributed by atoms with Gasteiger partial charge in [-0.25, -0.2) is 5.84 Å². The number of nitrogens with zero attached hydrogens (tertiary/aromatic N) is 2. The fourth-order valence-electron chi connectivity index (χ4n) is 1.26. The van der Waals surface area contributed by atoms with Crippen LogP contribution in [0.15, 0.2) is 0 Å². The van der Waals surface area contributed by atoms with Crippen LogP contribution >= 0.6 is 0 Å². The number of guanidine groups is 1. The van der Waals surface area contributed by atoms with Gasteiger partial charge in [-0.15, -0.1) is 0 Å². The molecule has 1 rings (SSSR count). The third-order valence-electron chi connectivity index (χ3n) is 2.02. The summed E-state index contributed by atoms with van der Waals surface area (Å²) in [5, 5.41) is 9.10. The minimum absolute atomic E-state index is 0.463. The van der Waals surface area contributed by atoms with Crippen molar-refractivity contribution in [1.29, 1.82) is 5.41 Å². The summed E-state index contributed by atoms with van der Waals surface area (Å²) in [5.41, 5.74) is 0. The van der Waals surface area contributed by atoms with Gasteiger partial charge in [-0.2, -0.15) is 0 Å². The van der Waals surface area contributed by atoms with Crippen molar-refractivity contribution in [2.24, 2.45) is 5.84 Å². The van der Waals surface area contributed by atoms with Crippen molar-refractivity contribution in [2.45, 2.75) is 19.8 Å². The summed E-state index contributed by atoms with van der Waals surface area (Å²) in [7, 11) is 0. The molecule has 64 valence electrons. The van der Waals surface area contributed by atoms with Crippen LogP contribution in [0.2, 0.25) is 0 Å². The van der Waals surface area contributed by atoms with E-state index in [-0.39, 0.29) is 0 Å². The minimum Gasteiger partial charge on any atom is -0.342 e. The number of hydrazine groups is 1. The number of rotatable bonds is 1. The molecule has 1 fully saturated rings. The Hall–Kier alpha value is -0.770. The summed E-state index contributed by atoms with van der Waals surface area (Å²) in [4.78, 5) is 2.02. The van der Waals surface area contributed by atoms with Gasteiger partial charge in [0.25, 0.3) is 0 Å². The quantitative estimate of drug-likeness (QED) is 0.247. The van der Waals surface area contributed by atoms with Gasteiger partial charge in [0.15, 0.2) is 0 Å². The van der Waals surface area contributed by atoms with Gasteiger partial charge in [0.2, 0.25) is 5.96 Å². The van der Waals surface area contributed by atoms with E-state index in [1.165, 1.54) is 17.9 Å². The van der Waals surface area contributed by atoms with Crippen molar-refractivity contribution in [2.75, 3.05) is 19.6 Å². The first-order valence-corrected chi connectivity index (χ1v) is 4.11. The van der Waals surface area contributed by atoms with Crippen LogP contribution in [0.25, 0.3) is 0 Å². The summed E-state index contributed by atoms with van der Waals surface area (Å²) in [5.74, 6) is 6.03. The number of nitrogens with two attached hydrogens (primary N) is 1. The first-order valence-electron chi connectivity index (χ1n) is 4.11. The molecule has 0 bridgehead atoms. The topological polar surface area (TPSA) is 56.4 Å². The van der Waals surface area contributed by atoms with Crippen LogP contribution < -0.4 is 5.84 Å². The van der Waals surface area contributed by atoms with Crippen molar-refractivity contribution in [3.05, 3.63) is 0 Å². The number of hydrogen-bond donors (Lipinski definition) is 2. The molecule has 0 radical (unpaired) electrons. The van der Waals surface area contributed by atoms with E-state index in [1.54, 1.807) is 0 Å². The summed E-state index contributed by atoms with van der Waals surface area (Å²) in [6, 6.07) is 0. The Labute approximate surface area is 67.4 Å². The number of likely N-dealkylation sites (tertiary alicyclic amines) is 1. The Balaban J connectivity index is 2.39. The summed E-state index contributed by atoms with van der Waals surface area (Å²) >= 11 is 0. The van der Waals surface area contributed by atoms with Crippen molar-refractivity contribution in [3.8, 4) is 0 Å². The van der Waals surface area contributed by atoms with E-state index in [4.69, 9.17) is 11.3 Å².